The van der Waals surface area contributed by atoms with Crippen LogP contribution in [0.1, 0.15) is 20.3 Å². The molecule has 22 heavy (non-hydrogen) atoms. The molecule has 2 aromatic rings. The second kappa shape index (κ2) is 5.18. The molecule has 0 saturated heterocycles. The van der Waals surface area contributed by atoms with Gasteiger partial charge in [0.2, 0.25) is 0 Å². The summed E-state index contributed by atoms with van der Waals surface area (Å²) in [6.45, 7) is 4.46. The largest absolute Gasteiger partial charge is 0.188 e. The second-order valence-electron chi connectivity index (χ2n) is 7.55. The average molecular weight is 314 g/mol. The highest BCUT2D eigenvalue weighted by Crippen LogP contribution is 2.93. The van der Waals surface area contributed by atoms with Gasteiger partial charge in [-0.3, -0.25) is 0 Å². The quantitative estimate of drug-likeness (QED) is 0.643. The zero-order chi connectivity index (χ0) is 16.3. The van der Waals surface area contributed by atoms with E-state index in [2.05, 4.69) is 80.3 Å². The number of hydrogen-bond donors (Lipinski definition) is 0. The van der Waals surface area contributed by atoms with Crippen LogP contribution in [0.2, 0.25) is 0 Å². The maximum Gasteiger partial charge on any atom is 0.106 e. The first kappa shape index (κ1) is 16.6. The van der Waals surface area contributed by atoms with Crippen molar-refractivity contribution >= 4 is 8.29 Å². The lowest BCUT2D eigenvalue weighted by atomic mass is 10.2. The van der Waals surface area contributed by atoms with E-state index in [0.717, 1.165) is 12.2 Å². The number of thiocyanates is 1. The third-order valence-corrected chi connectivity index (χ3v) is 11.4. The Labute approximate surface area is 134 Å². The molecule has 0 aliphatic rings. The number of nitrogens with zero attached hydrogens (tertiary/aromatic N) is 1. The molecule has 0 saturated carbocycles. The fourth-order valence-corrected chi connectivity index (χ4v) is 7.70. The van der Waals surface area contributed by atoms with Gasteiger partial charge in [0.1, 0.15) is 5.40 Å². The molecule has 0 heterocycles. The lowest BCUT2D eigenvalue weighted by Gasteiger charge is -2.69. The maximum atomic E-state index is 10.5. The van der Waals surface area contributed by atoms with Crippen molar-refractivity contribution in [3.63, 3.8) is 0 Å². The zero-order valence-electron chi connectivity index (χ0n) is 14.1. The lowest BCUT2D eigenvalue weighted by Crippen LogP contribution is -2.36. The standard InChI is InChI=1S/C20H27NS/c1-18(2)15-16-22(3,4,17-21,19-11-7-5-8-12-19)20-13-9-6-10-14-20/h5-14,18H,15-16H2,1-4H3. The molecule has 2 rings (SSSR count). The second-order valence-corrected chi connectivity index (χ2v) is 15.0. The fourth-order valence-electron chi connectivity index (χ4n) is 3.02. The topological polar surface area (TPSA) is 23.8 Å². The zero-order valence-corrected chi connectivity index (χ0v) is 14.9. The minimum Gasteiger partial charge on any atom is -0.188 e. The first-order valence-corrected chi connectivity index (χ1v) is 11.3. The van der Waals surface area contributed by atoms with Gasteiger partial charge in [0.25, 0.3) is 0 Å². The third-order valence-electron chi connectivity index (χ3n) is 4.98. The summed E-state index contributed by atoms with van der Waals surface area (Å²) >= 11 is 0. The minimum atomic E-state index is -3.23. The molecule has 0 amide bonds. The van der Waals surface area contributed by atoms with Gasteiger partial charge >= 0.3 is 0 Å². The van der Waals surface area contributed by atoms with Gasteiger partial charge in [0, 0.05) is 0 Å². The summed E-state index contributed by atoms with van der Waals surface area (Å²) in [5.74, 6) is 1.48. The van der Waals surface area contributed by atoms with Crippen LogP contribution in [0.5, 0.6) is 0 Å². The molecular weight excluding hydrogens is 286 g/mol. The van der Waals surface area contributed by atoms with Gasteiger partial charge in [0.05, 0.1) is 0 Å². The summed E-state index contributed by atoms with van der Waals surface area (Å²) in [6.07, 6.45) is 5.51. The van der Waals surface area contributed by atoms with E-state index >= 15 is 0 Å². The Morgan fingerprint density at radius 3 is 1.59 bits per heavy atom. The van der Waals surface area contributed by atoms with E-state index < -0.39 is 8.29 Å². The highest BCUT2D eigenvalue weighted by atomic mass is 32.4. The Morgan fingerprint density at radius 1 is 0.864 bits per heavy atom. The molecular formula is C20H27NS. The predicted octanol–water partition coefficient (Wildman–Crippen LogP) is 5.77. The van der Waals surface area contributed by atoms with Crippen molar-refractivity contribution in [1.29, 1.82) is 5.26 Å². The van der Waals surface area contributed by atoms with Gasteiger partial charge in [-0.1, -0.05) is 74.5 Å². The van der Waals surface area contributed by atoms with E-state index in [-0.39, 0.29) is 0 Å². The number of rotatable bonds is 5. The van der Waals surface area contributed by atoms with Crippen molar-refractivity contribution in [2.45, 2.75) is 30.1 Å². The fraction of sp³-hybridized carbons (Fsp3) is 0.350. The van der Waals surface area contributed by atoms with Gasteiger partial charge in [-0.2, -0.15) is 13.6 Å². The Hall–Kier alpha value is -1.72. The van der Waals surface area contributed by atoms with Crippen molar-refractivity contribution in [2.24, 2.45) is 5.92 Å². The molecule has 0 bridgehead atoms. The van der Waals surface area contributed by atoms with Crippen LogP contribution in [0.4, 0.5) is 0 Å². The summed E-state index contributed by atoms with van der Waals surface area (Å²) < 4.78 is 0. The maximum absolute atomic E-state index is 10.5. The van der Waals surface area contributed by atoms with Crippen LogP contribution in [-0.4, -0.2) is 18.3 Å². The van der Waals surface area contributed by atoms with Crippen molar-refractivity contribution < 1.29 is 0 Å². The monoisotopic (exact) mass is 313 g/mol. The highest BCUT2D eigenvalue weighted by Gasteiger charge is 2.55. The van der Waals surface area contributed by atoms with Crippen LogP contribution in [0, 0.1) is 16.6 Å². The molecule has 2 heteroatoms. The molecule has 2 aromatic carbocycles. The van der Waals surface area contributed by atoms with Crippen LogP contribution in [-0.2, 0) is 0 Å². The molecule has 0 radical (unpaired) electrons. The molecule has 0 aromatic heterocycles. The highest BCUT2D eigenvalue weighted by molar-refractivity contribution is 8.67. The molecule has 0 spiro atoms. The first-order valence-electron chi connectivity index (χ1n) is 7.83. The Bertz CT molecular complexity index is 650. The van der Waals surface area contributed by atoms with Crippen LogP contribution >= 0.6 is 8.29 Å². The summed E-state index contributed by atoms with van der Waals surface area (Å²) in [7, 11) is -3.23. The molecule has 0 aliphatic heterocycles. The Kier molecular flexibility index (Phi) is 3.92. The van der Waals surface area contributed by atoms with Crippen molar-refractivity contribution in [3.8, 4) is 5.40 Å². The molecule has 0 fully saturated rings. The molecule has 0 unspecified atom stereocenters. The van der Waals surface area contributed by atoms with Gasteiger partial charge in [-0.05, 0) is 40.4 Å². The van der Waals surface area contributed by atoms with Crippen LogP contribution in [0.15, 0.2) is 70.5 Å². The van der Waals surface area contributed by atoms with E-state index in [4.69, 9.17) is 0 Å². The lowest BCUT2D eigenvalue weighted by molar-refractivity contribution is 0.627. The molecule has 118 valence electrons. The number of nitriles is 1. The third kappa shape index (κ3) is 2.44. The van der Waals surface area contributed by atoms with Gasteiger partial charge in [-0.25, -0.2) is 0 Å². The number of benzene rings is 2. The Morgan fingerprint density at radius 2 is 1.27 bits per heavy atom. The Balaban J connectivity index is 2.82. The van der Waals surface area contributed by atoms with E-state index in [0.29, 0.717) is 5.92 Å². The normalized spacial score (nSPS) is 14.9. The SMILES string of the molecule is CC(C)CCS(C)(C)(C#N)(c1ccccc1)c1ccccc1. The summed E-state index contributed by atoms with van der Waals surface area (Å²) in [5, 5.41) is 13.4. The van der Waals surface area contributed by atoms with Gasteiger partial charge in [-0.15, -0.1) is 0 Å². The molecule has 0 atom stereocenters. The van der Waals surface area contributed by atoms with E-state index in [1.54, 1.807) is 0 Å². The van der Waals surface area contributed by atoms with Crippen molar-refractivity contribution in [2.75, 3.05) is 18.3 Å². The van der Waals surface area contributed by atoms with Crippen LogP contribution in [0.25, 0.3) is 0 Å². The van der Waals surface area contributed by atoms with Gasteiger partial charge < -0.3 is 0 Å². The summed E-state index contributed by atoms with van der Waals surface area (Å²) in [4.78, 5) is 2.36. The molecule has 0 aliphatic carbocycles. The summed E-state index contributed by atoms with van der Waals surface area (Å²) in [6, 6.07) is 20.8. The van der Waals surface area contributed by atoms with Crippen LogP contribution in [0.3, 0.4) is 0 Å². The smallest absolute Gasteiger partial charge is 0.106 e. The molecule has 1 nitrogen and oxygen atoms in total. The first-order chi connectivity index (χ1) is 10.3. The number of hydrogen-bond acceptors (Lipinski definition) is 1. The predicted molar refractivity (Wildman–Crippen MR) is 98.8 cm³/mol. The molecule has 0 N–H and O–H groups in total. The average Bonchev–Trinajstić information content (AvgIpc) is 2.56. The van der Waals surface area contributed by atoms with E-state index in [9.17, 15) is 5.26 Å². The summed E-state index contributed by atoms with van der Waals surface area (Å²) in [5.41, 5.74) is 0. The van der Waals surface area contributed by atoms with E-state index in [1.807, 2.05) is 12.1 Å². The van der Waals surface area contributed by atoms with Crippen molar-refractivity contribution in [1.82, 2.24) is 0 Å². The van der Waals surface area contributed by atoms with Gasteiger partial charge in [0.15, 0.2) is 0 Å². The van der Waals surface area contributed by atoms with Crippen molar-refractivity contribution in [3.05, 3.63) is 60.7 Å². The minimum absolute atomic E-state index is 0.579. The van der Waals surface area contributed by atoms with E-state index in [1.165, 1.54) is 9.79 Å². The van der Waals surface area contributed by atoms with Crippen LogP contribution < -0.4 is 0 Å².